The Hall–Kier alpha value is -3.85. The van der Waals surface area contributed by atoms with E-state index in [1.807, 2.05) is 37.3 Å². The molecule has 3 aromatic carbocycles. The molecular formula is C24H20FN5O2S. The number of para-hydroxylation sites is 1. The van der Waals surface area contributed by atoms with E-state index in [4.69, 9.17) is 0 Å². The number of aromatic nitrogens is 4. The van der Waals surface area contributed by atoms with Gasteiger partial charge in [0, 0.05) is 11.9 Å². The van der Waals surface area contributed by atoms with Gasteiger partial charge in [-0.05, 0) is 60.9 Å². The van der Waals surface area contributed by atoms with Crippen molar-refractivity contribution in [2.45, 2.75) is 30.3 Å². The number of nitrogens with one attached hydrogen (secondary N) is 1. The zero-order valence-electron chi connectivity index (χ0n) is 17.9. The predicted molar refractivity (Wildman–Crippen MR) is 123 cm³/mol. The largest absolute Gasteiger partial charge is 0.365 e. The lowest BCUT2D eigenvalue weighted by Gasteiger charge is -2.11. The number of hydrogen-bond acceptors (Lipinski definition) is 6. The highest BCUT2D eigenvalue weighted by molar-refractivity contribution is 7.91. The van der Waals surface area contributed by atoms with Crippen LogP contribution < -0.4 is 5.32 Å². The molecule has 0 saturated heterocycles. The van der Waals surface area contributed by atoms with Crippen LogP contribution in [0.25, 0.3) is 16.6 Å². The number of sulfone groups is 1. The van der Waals surface area contributed by atoms with Gasteiger partial charge < -0.3 is 5.32 Å². The molecule has 5 rings (SSSR count). The second-order valence-corrected chi connectivity index (χ2v) is 9.69. The smallest absolute Gasteiger partial charge is 0.229 e. The van der Waals surface area contributed by atoms with E-state index in [9.17, 15) is 12.8 Å². The fourth-order valence-electron chi connectivity index (χ4n) is 3.74. The third-order valence-corrected chi connectivity index (χ3v) is 7.28. The maximum absolute atomic E-state index is 13.5. The summed E-state index contributed by atoms with van der Waals surface area (Å²) in [6.07, 6.45) is 0. The Bertz CT molecular complexity index is 1610. The van der Waals surface area contributed by atoms with Crippen LogP contribution in [-0.2, 0) is 16.4 Å². The highest BCUT2D eigenvalue weighted by Gasteiger charge is 2.28. The van der Waals surface area contributed by atoms with Crippen molar-refractivity contribution in [2.75, 3.05) is 5.32 Å². The van der Waals surface area contributed by atoms with Crippen LogP contribution in [0.1, 0.15) is 16.7 Å². The Balaban J connectivity index is 1.66. The van der Waals surface area contributed by atoms with E-state index < -0.39 is 9.84 Å². The van der Waals surface area contributed by atoms with E-state index in [0.29, 0.717) is 23.4 Å². The number of rotatable bonds is 5. The molecule has 5 aromatic rings. The normalized spacial score (nSPS) is 11.8. The van der Waals surface area contributed by atoms with Crippen LogP contribution in [0.2, 0.25) is 0 Å². The minimum absolute atomic E-state index is 0.135. The Morgan fingerprint density at radius 2 is 1.76 bits per heavy atom. The summed E-state index contributed by atoms with van der Waals surface area (Å²) in [4.78, 5) is 4.79. The van der Waals surface area contributed by atoms with Crippen LogP contribution in [-0.4, -0.2) is 28.2 Å². The Kier molecular flexibility index (Phi) is 5.05. The summed E-state index contributed by atoms with van der Waals surface area (Å²) in [7, 11) is -3.96. The van der Waals surface area contributed by atoms with Crippen LogP contribution in [0.4, 0.5) is 10.2 Å². The van der Waals surface area contributed by atoms with Crippen molar-refractivity contribution in [2.24, 2.45) is 0 Å². The van der Waals surface area contributed by atoms with Gasteiger partial charge in [0.25, 0.3) is 0 Å². The molecule has 2 aromatic heterocycles. The van der Waals surface area contributed by atoms with Gasteiger partial charge in [0.2, 0.25) is 14.9 Å². The lowest BCUT2D eigenvalue weighted by Crippen LogP contribution is -2.08. The second kappa shape index (κ2) is 7.93. The molecule has 0 atom stereocenters. The maximum Gasteiger partial charge on any atom is 0.229 e. The summed E-state index contributed by atoms with van der Waals surface area (Å²) in [6, 6.07) is 18.8. The van der Waals surface area contributed by atoms with Gasteiger partial charge >= 0.3 is 0 Å². The maximum atomic E-state index is 13.5. The number of benzene rings is 3. The van der Waals surface area contributed by atoms with Crippen molar-refractivity contribution in [1.29, 1.82) is 0 Å². The van der Waals surface area contributed by atoms with Gasteiger partial charge in [-0.3, -0.25) is 0 Å². The third kappa shape index (κ3) is 3.70. The van der Waals surface area contributed by atoms with Gasteiger partial charge in [-0.25, -0.2) is 17.8 Å². The van der Waals surface area contributed by atoms with E-state index in [2.05, 4.69) is 20.6 Å². The molecule has 0 aliphatic heterocycles. The summed E-state index contributed by atoms with van der Waals surface area (Å²) >= 11 is 0. The predicted octanol–water partition coefficient (Wildman–Crippen LogP) is 4.48. The van der Waals surface area contributed by atoms with Crippen molar-refractivity contribution in [3.63, 3.8) is 0 Å². The number of halogens is 1. The number of hydrogen-bond donors (Lipinski definition) is 1. The van der Waals surface area contributed by atoms with E-state index in [1.54, 1.807) is 31.2 Å². The standard InChI is InChI=1S/C24H20FN5O2S/c1-15-7-8-16(2)21(13-15)33(31,32)24-23-27-22(26-14-17-9-11-18(25)12-10-17)19-5-3-4-6-20(19)30(23)29-28-24/h3-13H,14H2,1-2H3,(H,26,27). The van der Waals surface area contributed by atoms with Crippen LogP contribution in [0.15, 0.2) is 76.7 Å². The van der Waals surface area contributed by atoms with Gasteiger partial charge in [0.15, 0.2) is 5.65 Å². The van der Waals surface area contributed by atoms with Crippen molar-refractivity contribution in [1.82, 2.24) is 19.8 Å². The number of nitrogens with zero attached hydrogens (tertiary/aromatic N) is 4. The molecule has 0 radical (unpaired) electrons. The highest BCUT2D eigenvalue weighted by Crippen LogP contribution is 2.29. The highest BCUT2D eigenvalue weighted by atomic mass is 32.2. The molecular weight excluding hydrogens is 441 g/mol. The van der Waals surface area contributed by atoms with E-state index in [0.717, 1.165) is 16.5 Å². The fourth-order valence-corrected chi connectivity index (χ4v) is 5.30. The molecule has 0 saturated carbocycles. The summed E-state index contributed by atoms with van der Waals surface area (Å²) in [5.41, 5.74) is 3.11. The fraction of sp³-hybridized carbons (Fsp3) is 0.125. The zero-order chi connectivity index (χ0) is 23.2. The molecule has 0 aliphatic carbocycles. The molecule has 0 bridgehead atoms. The topological polar surface area (TPSA) is 89.2 Å². The Morgan fingerprint density at radius 1 is 1.00 bits per heavy atom. The average molecular weight is 462 g/mol. The summed E-state index contributed by atoms with van der Waals surface area (Å²) in [5.74, 6) is 0.178. The van der Waals surface area contributed by atoms with Crippen molar-refractivity contribution < 1.29 is 12.8 Å². The molecule has 7 nitrogen and oxygen atoms in total. The van der Waals surface area contributed by atoms with Gasteiger partial charge in [0.05, 0.1) is 10.4 Å². The monoisotopic (exact) mass is 461 g/mol. The molecule has 0 spiro atoms. The van der Waals surface area contributed by atoms with E-state index in [1.165, 1.54) is 16.6 Å². The summed E-state index contributed by atoms with van der Waals surface area (Å²) < 4.78 is 41.7. The average Bonchev–Trinajstić information content (AvgIpc) is 3.25. The van der Waals surface area contributed by atoms with Crippen molar-refractivity contribution >= 4 is 32.2 Å². The lowest BCUT2D eigenvalue weighted by atomic mass is 10.2. The first-order chi connectivity index (χ1) is 15.8. The Labute approximate surface area is 189 Å². The third-order valence-electron chi connectivity index (χ3n) is 5.48. The van der Waals surface area contributed by atoms with E-state index >= 15 is 0 Å². The molecule has 0 aliphatic rings. The first-order valence-electron chi connectivity index (χ1n) is 10.3. The minimum atomic E-state index is -3.96. The van der Waals surface area contributed by atoms with Gasteiger partial charge in [-0.2, -0.15) is 4.52 Å². The molecule has 166 valence electrons. The molecule has 2 heterocycles. The van der Waals surface area contributed by atoms with Crippen LogP contribution >= 0.6 is 0 Å². The molecule has 0 fully saturated rings. The number of aryl methyl sites for hydroxylation is 2. The summed E-state index contributed by atoms with van der Waals surface area (Å²) in [6.45, 7) is 3.97. The quantitative estimate of drug-likeness (QED) is 0.415. The van der Waals surface area contributed by atoms with Gasteiger partial charge in [0.1, 0.15) is 11.6 Å². The number of fused-ring (bicyclic) bond motifs is 3. The molecule has 33 heavy (non-hydrogen) atoms. The van der Waals surface area contributed by atoms with Crippen molar-refractivity contribution in [3.05, 3.63) is 89.2 Å². The minimum Gasteiger partial charge on any atom is -0.365 e. The summed E-state index contributed by atoms with van der Waals surface area (Å²) in [5, 5.41) is 11.9. The molecule has 0 unspecified atom stereocenters. The van der Waals surface area contributed by atoms with Crippen molar-refractivity contribution in [3.8, 4) is 0 Å². The first kappa shape index (κ1) is 21.0. The van der Waals surface area contributed by atoms with Crippen LogP contribution in [0, 0.1) is 19.7 Å². The molecule has 9 heteroatoms. The first-order valence-corrected chi connectivity index (χ1v) is 11.8. The molecule has 1 N–H and O–H groups in total. The van der Waals surface area contributed by atoms with Gasteiger partial charge in [-0.1, -0.05) is 41.6 Å². The van der Waals surface area contributed by atoms with Crippen LogP contribution in [0.3, 0.4) is 0 Å². The lowest BCUT2D eigenvalue weighted by molar-refractivity contribution is 0.592. The second-order valence-electron chi connectivity index (χ2n) is 7.86. The SMILES string of the molecule is Cc1ccc(C)c(S(=O)(=O)c2nnn3c2nc(NCc2ccc(F)cc2)c2ccccc23)c1. The Morgan fingerprint density at radius 3 is 2.55 bits per heavy atom. The molecule has 0 amide bonds. The number of anilines is 1. The zero-order valence-corrected chi connectivity index (χ0v) is 18.8. The van der Waals surface area contributed by atoms with Gasteiger partial charge in [-0.15, -0.1) is 5.10 Å². The van der Waals surface area contributed by atoms with Crippen LogP contribution in [0.5, 0.6) is 0 Å². The van der Waals surface area contributed by atoms with E-state index in [-0.39, 0.29) is 21.4 Å².